The Labute approximate surface area is 104 Å². The molecule has 0 fully saturated rings. The summed E-state index contributed by atoms with van der Waals surface area (Å²) >= 11 is 0.967. The van der Waals surface area contributed by atoms with Crippen LogP contribution in [-0.2, 0) is 17.5 Å². The van der Waals surface area contributed by atoms with Gasteiger partial charge >= 0.3 is 62.3 Å². The molecule has 0 aliphatic heterocycles. The van der Waals surface area contributed by atoms with Crippen LogP contribution in [0.15, 0.2) is 11.8 Å². The molecule has 0 N–H and O–H groups in total. The molecule has 0 aromatic heterocycles. The molecule has 5 heteroatoms. The van der Waals surface area contributed by atoms with Crippen LogP contribution in [0.1, 0.15) is 34.1 Å². The molecule has 0 spiro atoms. The number of hydrogen-bond acceptors (Lipinski definition) is 4. The second-order valence-electron chi connectivity index (χ2n) is 3.05. The molecule has 4 nitrogen and oxygen atoms in total. The van der Waals surface area contributed by atoms with Crippen LogP contribution in [0.4, 0.5) is 0 Å². The van der Waals surface area contributed by atoms with E-state index in [9.17, 15) is 14.4 Å². The van der Waals surface area contributed by atoms with Gasteiger partial charge in [0.05, 0.1) is 6.42 Å². The molecule has 0 rings (SSSR count). The van der Waals surface area contributed by atoms with Crippen LogP contribution in [0.5, 0.6) is 0 Å². The Bertz CT molecular complexity index is 257. The van der Waals surface area contributed by atoms with E-state index in [0.29, 0.717) is 5.76 Å². The molecule has 0 saturated heterocycles. The van der Waals surface area contributed by atoms with Crippen molar-refractivity contribution < 1.29 is 17.5 Å². The Morgan fingerprint density at radius 2 is 1.47 bits per heavy atom. The van der Waals surface area contributed by atoms with Crippen LogP contribution >= 0.6 is 0 Å². The van der Waals surface area contributed by atoms with E-state index >= 15 is 0 Å². The fourth-order valence-electron chi connectivity index (χ4n) is 0.666. The fourth-order valence-corrected chi connectivity index (χ4v) is 0.834. The van der Waals surface area contributed by atoms with Crippen LogP contribution < -0.4 is 0 Å². The van der Waals surface area contributed by atoms with Crippen molar-refractivity contribution in [3.8, 4) is 0 Å². The quantitative estimate of drug-likeness (QED) is 0.337. The van der Waals surface area contributed by atoms with E-state index in [0.717, 1.165) is 22.9 Å². The van der Waals surface area contributed by atoms with Crippen LogP contribution in [0.3, 0.4) is 0 Å². The zero-order valence-corrected chi connectivity index (χ0v) is 12.3. The van der Waals surface area contributed by atoms with Crippen molar-refractivity contribution in [2.24, 2.45) is 0 Å². The summed E-state index contributed by atoms with van der Waals surface area (Å²) in [6.07, 6.45) is 1.55. The van der Waals surface area contributed by atoms with Gasteiger partial charge < -0.3 is 0 Å². The SMILES string of the molecule is CC(=O)C=C(C)[O][Sn].CC(=O)CC(C)=O. The van der Waals surface area contributed by atoms with Gasteiger partial charge in [-0.15, -0.1) is 0 Å². The molecule has 0 atom stereocenters. The van der Waals surface area contributed by atoms with Gasteiger partial charge in [-0.05, 0) is 13.8 Å². The predicted molar refractivity (Wildman–Crippen MR) is 57.3 cm³/mol. The Kier molecular flexibility index (Phi) is 11.1. The summed E-state index contributed by atoms with van der Waals surface area (Å²) in [5.41, 5.74) is 0. The van der Waals surface area contributed by atoms with E-state index < -0.39 is 0 Å². The minimum Gasteiger partial charge on any atom is -0.300 e. The van der Waals surface area contributed by atoms with Gasteiger partial charge in [0.15, 0.2) is 0 Å². The molecule has 0 bridgehead atoms. The van der Waals surface area contributed by atoms with Crippen molar-refractivity contribution in [3.05, 3.63) is 11.8 Å². The Morgan fingerprint density at radius 1 is 1.07 bits per heavy atom. The molecule has 0 aliphatic rings. The number of rotatable bonds is 4. The van der Waals surface area contributed by atoms with Gasteiger partial charge in [0.25, 0.3) is 0 Å². The molecule has 0 aromatic rings. The topological polar surface area (TPSA) is 60.4 Å². The number of hydrogen-bond donors (Lipinski definition) is 0. The summed E-state index contributed by atoms with van der Waals surface area (Å²) in [6, 6.07) is 0. The number of ketones is 3. The maximum atomic E-state index is 10.3. The minimum atomic E-state index is -0.0625. The second-order valence-corrected chi connectivity index (χ2v) is 3.63. The molecule has 0 amide bonds. The second kappa shape index (κ2) is 9.89. The molecule has 0 heterocycles. The molecule has 0 aromatic carbocycles. The van der Waals surface area contributed by atoms with Crippen molar-refractivity contribution in [2.45, 2.75) is 34.1 Å². The molecule has 15 heavy (non-hydrogen) atoms. The van der Waals surface area contributed by atoms with E-state index in [1.165, 1.54) is 26.8 Å². The van der Waals surface area contributed by atoms with Crippen LogP contribution in [0, 0.1) is 0 Å². The summed E-state index contributed by atoms with van der Waals surface area (Å²) < 4.78 is 4.79. The summed E-state index contributed by atoms with van der Waals surface area (Å²) in [4.78, 5) is 30.3. The first-order chi connectivity index (χ1) is 6.79. The number of carbonyl (C=O) groups is 3. The third-order valence-electron chi connectivity index (χ3n) is 1.07. The minimum absolute atomic E-state index is 0.0323. The standard InChI is InChI=1S/2C5H8O2.Sn/c2*1-4(6)3-5(2)7;/h3H2,1-2H3;3,6H,1-2H3;/q;;+1/p-1. The maximum Gasteiger partial charge on any atom is 0.137 e. The van der Waals surface area contributed by atoms with Crippen molar-refractivity contribution in [3.63, 3.8) is 0 Å². The Balaban J connectivity index is 0. The van der Waals surface area contributed by atoms with Gasteiger partial charge in [0.2, 0.25) is 0 Å². The molecule has 0 aliphatic carbocycles. The molecular weight excluding hydrogens is 303 g/mol. The smallest absolute Gasteiger partial charge is 0.137 e. The fraction of sp³-hybridized carbons (Fsp3) is 0.500. The van der Waals surface area contributed by atoms with Gasteiger partial charge in [-0.3, -0.25) is 9.59 Å². The Hall–Kier alpha value is -0.651. The monoisotopic (exact) mass is 319 g/mol. The predicted octanol–water partition coefficient (Wildman–Crippen LogP) is 1.13. The van der Waals surface area contributed by atoms with Crippen molar-refractivity contribution in [2.75, 3.05) is 0 Å². The van der Waals surface area contributed by atoms with E-state index in [1.807, 2.05) is 0 Å². The first kappa shape index (κ1) is 16.8. The van der Waals surface area contributed by atoms with Crippen LogP contribution in [0.2, 0.25) is 0 Å². The van der Waals surface area contributed by atoms with Crippen LogP contribution in [0.25, 0.3) is 0 Å². The molecule has 83 valence electrons. The van der Waals surface area contributed by atoms with Gasteiger partial charge in [0, 0.05) is 0 Å². The first-order valence-electron chi connectivity index (χ1n) is 4.31. The summed E-state index contributed by atoms with van der Waals surface area (Å²) in [7, 11) is 0. The molecule has 0 unspecified atom stereocenters. The van der Waals surface area contributed by atoms with E-state index in [-0.39, 0.29) is 23.8 Å². The third-order valence-corrected chi connectivity index (χ3v) is 1.98. The average Bonchev–Trinajstić information content (AvgIpc) is 2.01. The van der Waals surface area contributed by atoms with E-state index in [1.54, 1.807) is 6.92 Å². The third kappa shape index (κ3) is 19.7. The van der Waals surface area contributed by atoms with Crippen molar-refractivity contribution in [1.29, 1.82) is 0 Å². The molecular formula is C10H15O4Sn. The first-order valence-corrected chi connectivity index (χ1v) is 5.47. The number of allylic oxidation sites excluding steroid dienone is 2. The largest absolute Gasteiger partial charge is 0.300 e. The summed E-state index contributed by atoms with van der Waals surface area (Å²) in [6.45, 7) is 6.07. The van der Waals surface area contributed by atoms with E-state index in [4.69, 9.17) is 3.07 Å². The van der Waals surface area contributed by atoms with Crippen LogP contribution in [-0.4, -0.2) is 40.3 Å². The zero-order valence-electron chi connectivity index (χ0n) is 9.42. The van der Waals surface area contributed by atoms with Gasteiger partial charge in [0.1, 0.15) is 11.6 Å². The Morgan fingerprint density at radius 3 is 1.53 bits per heavy atom. The number of carbonyl (C=O) groups excluding carboxylic acids is 3. The average molecular weight is 318 g/mol. The molecule has 3 radical (unpaired) electrons. The molecule has 0 saturated carbocycles. The number of Topliss-reactive ketones (excluding diaryl/α,β-unsaturated/α-hetero) is 2. The normalized spacial score (nSPS) is 9.80. The van der Waals surface area contributed by atoms with Gasteiger partial charge in [-0.2, -0.15) is 0 Å². The van der Waals surface area contributed by atoms with Gasteiger partial charge in [-0.1, -0.05) is 0 Å². The van der Waals surface area contributed by atoms with E-state index in [2.05, 4.69) is 0 Å². The van der Waals surface area contributed by atoms with Gasteiger partial charge in [-0.25, -0.2) is 0 Å². The summed E-state index contributed by atoms with van der Waals surface area (Å²) in [5, 5.41) is 0. The zero-order chi connectivity index (χ0) is 12.4. The van der Waals surface area contributed by atoms with Crippen molar-refractivity contribution in [1.82, 2.24) is 0 Å². The van der Waals surface area contributed by atoms with Crippen molar-refractivity contribution >= 4 is 40.3 Å². The maximum absolute atomic E-state index is 10.3. The summed E-state index contributed by atoms with van der Waals surface area (Å²) in [5.74, 6) is 0.598.